The molecule has 1 aromatic heterocycles. The number of fused-ring (bicyclic) bond motifs is 1. The van der Waals surface area contributed by atoms with Crippen LogP contribution in [0.15, 0.2) is 45.6 Å². The molecule has 0 aliphatic heterocycles. The van der Waals surface area contributed by atoms with Gasteiger partial charge in [-0.25, -0.2) is 4.39 Å². The summed E-state index contributed by atoms with van der Waals surface area (Å²) < 4.78 is 19.1. The Balaban J connectivity index is 2.34. The lowest BCUT2D eigenvalue weighted by Gasteiger charge is -2.08. The Kier molecular flexibility index (Phi) is 2.90. The van der Waals surface area contributed by atoms with Crippen molar-refractivity contribution >= 4 is 11.0 Å². The topological polar surface area (TPSA) is 70.7 Å². The van der Waals surface area contributed by atoms with Crippen LogP contribution in [-0.2, 0) is 0 Å². The van der Waals surface area contributed by atoms with E-state index in [2.05, 4.69) is 0 Å². The molecule has 3 rings (SSSR count). The number of rotatable bonds is 1. The van der Waals surface area contributed by atoms with Crippen LogP contribution in [0.3, 0.4) is 0 Å². The van der Waals surface area contributed by atoms with Crippen LogP contribution < -0.4 is 5.43 Å². The molecule has 0 saturated carbocycles. The third kappa shape index (κ3) is 2.12. The van der Waals surface area contributed by atoms with Crippen molar-refractivity contribution in [1.82, 2.24) is 0 Å². The first-order valence-corrected chi connectivity index (χ1v) is 6.22. The van der Waals surface area contributed by atoms with Crippen molar-refractivity contribution in [3.05, 3.63) is 58.0 Å². The number of halogens is 1. The molecule has 0 unspecified atom stereocenters. The Morgan fingerprint density at radius 1 is 1.10 bits per heavy atom. The van der Waals surface area contributed by atoms with Crippen molar-refractivity contribution in [3.8, 4) is 22.8 Å². The number of hydrogen-bond donors (Lipinski definition) is 2. The van der Waals surface area contributed by atoms with Crippen molar-refractivity contribution in [2.75, 3.05) is 0 Å². The van der Waals surface area contributed by atoms with Crippen molar-refractivity contribution in [2.24, 2.45) is 0 Å². The van der Waals surface area contributed by atoms with Gasteiger partial charge in [0.25, 0.3) is 0 Å². The Labute approximate surface area is 118 Å². The molecule has 0 fully saturated rings. The summed E-state index contributed by atoms with van der Waals surface area (Å²) in [5.74, 6) is -1.10. The van der Waals surface area contributed by atoms with Crippen LogP contribution in [0.4, 0.5) is 4.39 Å². The summed E-state index contributed by atoms with van der Waals surface area (Å²) in [6, 6.07) is 7.95. The minimum Gasteiger partial charge on any atom is -0.508 e. The summed E-state index contributed by atoms with van der Waals surface area (Å²) in [5, 5.41) is 19.0. The third-order valence-electron chi connectivity index (χ3n) is 3.31. The molecule has 0 saturated heterocycles. The van der Waals surface area contributed by atoms with Crippen molar-refractivity contribution in [2.45, 2.75) is 6.92 Å². The molecule has 106 valence electrons. The van der Waals surface area contributed by atoms with Gasteiger partial charge < -0.3 is 14.6 Å². The van der Waals surface area contributed by atoms with E-state index in [1.54, 1.807) is 6.92 Å². The summed E-state index contributed by atoms with van der Waals surface area (Å²) in [4.78, 5) is 12.3. The van der Waals surface area contributed by atoms with E-state index in [-0.39, 0.29) is 22.5 Å². The molecule has 2 N–H and O–H groups in total. The quantitative estimate of drug-likeness (QED) is 0.720. The molecule has 0 radical (unpaired) electrons. The van der Waals surface area contributed by atoms with Crippen LogP contribution in [0.2, 0.25) is 0 Å². The van der Waals surface area contributed by atoms with Crippen molar-refractivity contribution < 1.29 is 19.0 Å². The first-order chi connectivity index (χ1) is 9.97. The summed E-state index contributed by atoms with van der Waals surface area (Å²) in [6.07, 6.45) is 0. The van der Waals surface area contributed by atoms with Crippen LogP contribution in [0.1, 0.15) is 5.56 Å². The molecule has 0 atom stereocenters. The second-order valence-electron chi connectivity index (χ2n) is 4.73. The zero-order valence-electron chi connectivity index (χ0n) is 11.1. The van der Waals surface area contributed by atoms with Gasteiger partial charge in [-0.2, -0.15) is 0 Å². The fourth-order valence-corrected chi connectivity index (χ4v) is 2.20. The molecule has 4 nitrogen and oxygen atoms in total. The largest absolute Gasteiger partial charge is 0.508 e. The molecule has 0 bridgehead atoms. The normalized spacial score (nSPS) is 11.0. The highest BCUT2D eigenvalue weighted by atomic mass is 19.1. The van der Waals surface area contributed by atoms with Gasteiger partial charge in [0.1, 0.15) is 17.1 Å². The first-order valence-electron chi connectivity index (χ1n) is 6.22. The fraction of sp³-hybridized carbons (Fsp3) is 0.0625. The van der Waals surface area contributed by atoms with E-state index in [1.165, 1.54) is 30.3 Å². The lowest BCUT2D eigenvalue weighted by Crippen LogP contribution is -2.07. The molecule has 0 aliphatic carbocycles. The second kappa shape index (κ2) is 4.63. The van der Waals surface area contributed by atoms with Gasteiger partial charge >= 0.3 is 0 Å². The molecule has 5 heteroatoms. The third-order valence-corrected chi connectivity index (χ3v) is 3.31. The number of hydrogen-bond acceptors (Lipinski definition) is 4. The lowest BCUT2D eigenvalue weighted by atomic mass is 10.1. The average Bonchev–Trinajstić information content (AvgIpc) is 2.45. The molecule has 2 aromatic carbocycles. The smallest absolute Gasteiger partial charge is 0.196 e. The van der Waals surface area contributed by atoms with E-state index in [0.29, 0.717) is 16.5 Å². The maximum atomic E-state index is 13.5. The zero-order chi connectivity index (χ0) is 15.1. The predicted octanol–water partition coefficient (Wildman–Crippen LogP) is 3.32. The second-order valence-corrected chi connectivity index (χ2v) is 4.73. The van der Waals surface area contributed by atoms with Crippen molar-refractivity contribution in [1.29, 1.82) is 0 Å². The number of aromatic hydroxyl groups is 2. The molecule has 0 aliphatic rings. The van der Waals surface area contributed by atoms with Gasteiger partial charge in [0, 0.05) is 17.2 Å². The van der Waals surface area contributed by atoms with Gasteiger partial charge in [-0.15, -0.1) is 0 Å². The molecule has 3 aromatic rings. The minimum absolute atomic E-state index is 0.0302. The van der Waals surface area contributed by atoms with E-state index in [4.69, 9.17) is 4.42 Å². The fourth-order valence-electron chi connectivity index (χ4n) is 2.20. The van der Waals surface area contributed by atoms with Gasteiger partial charge in [-0.05, 0) is 37.3 Å². The SMILES string of the molecule is Cc1c(-c2ccc(O)c(F)c2)oc2cc(O)ccc2c1=O. The maximum absolute atomic E-state index is 13.5. The van der Waals surface area contributed by atoms with E-state index in [1.807, 2.05) is 0 Å². The van der Waals surface area contributed by atoms with Gasteiger partial charge in [0.15, 0.2) is 17.0 Å². The minimum atomic E-state index is -0.800. The maximum Gasteiger partial charge on any atom is 0.196 e. The summed E-state index contributed by atoms with van der Waals surface area (Å²) >= 11 is 0. The number of benzene rings is 2. The summed E-state index contributed by atoms with van der Waals surface area (Å²) in [5.41, 5.74) is 0.636. The Morgan fingerprint density at radius 3 is 2.57 bits per heavy atom. The van der Waals surface area contributed by atoms with Gasteiger partial charge in [0.05, 0.1) is 5.39 Å². The highest BCUT2D eigenvalue weighted by molar-refractivity contribution is 5.81. The average molecular weight is 286 g/mol. The highest BCUT2D eigenvalue weighted by Gasteiger charge is 2.14. The van der Waals surface area contributed by atoms with E-state index in [9.17, 15) is 19.4 Å². The standard InChI is InChI=1S/C16H11FO4/c1-8-15(20)11-4-3-10(18)7-14(11)21-16(8)9-2-5-13(19)12(17)6-9/h2-7,18-19H,1H3. The molecule has 0 spiro atoms. The molecule has 21 heavy (non-hydrogen) atoms. The Bertz CT molecular complexity index is 912. The number of phenolic OH excluding ortho intramolecular Hbond substituents is 2. The van der Waals surface area contributed by atoms with E-state index in [0.717, 1.165) is 6.07 Å². The number of phenols is 2. The van der Waals surface area contributed by atoms with Crippen LogP contribution in [-0.4, -0.2) is 10.2 Å². The van der Waals surface area contributed by atoms with Gasteiger partial charge in [-0.3, -0.25) is 4.79 Å². The lowest BCUT2D eigenvalue weighted by molar-refractivity contribution is 0.432. The molecular weight excluding hydrogens is 275 g/mol. The monoisotopic (exact) mass is 286 g/mol. The van der Waals surface area contributed by atoms with Gasteiger partial charge in [-0.1, -0.05) is 0 Å². The molecular formula is C16H11FO4. The summed E-state index contributed by atoms with van der Waals surface area (Å²) in [7, 11) is 0. The molecule has 0 amide bonds. The highest BCUT2D eigenvalue weighted by Crippen LogP contribution is 2.29. The van der Waals surface area contributed by atoms with E-state index < -0.39 is 11.6 Å². The van der Waals surface area contributed by atoms with Crippen LogP contribution >= 0.6 is 0 Å². The van der Waals surface area contributed by atoms with Crippen molar-refractivity contribution in [3.63, 3.8) is 0 Å². The van der Waals surface area contributed by atoms with Crippen LogP contribution in [0.25, 0.3) is 22.3 Å². The first kappa shape index (κ1) is 13.2. The zero-order valence-corrected chi connectivity index (χ0v) is 11.1. The van der Waals surface area contributed by atoms with E-state index >= 15 is 0 Å². The Hall–Kier alpha value is -2.82. The summed E-state index contributed by atoms with van der Waals surface area (Å²) in [6.45, 7) is 1.58. The predicted molar refractivity (Wildman–Crippen MR) is 75.9 cm³/mol. The Morgan fingerprint density at radius 2 is 1.86 bits per heavy atom. The van der Waals surface area contributed by atoms with Crippen LogP contribution in [0, 0.1) is 12.7 Å². The molecule has 1 heterocycles. The van der Waals surface area contributed by atoms with Gasteiger partial charge in [0.2, 0.25) is 0 Å². The van der Waals surface area contributed by atoms with Crippen LogP contribution in [0.5, 0.6) is 11.5 Å².